The van der Waals surface area contributed by atoms with E-state index in [1.165, 1.54) is 29.1 Å². The number of anilines is 1. The van der Waals surface area contributed by atoms with E-state index >= 15 is 0 Å². The minimum atomic E-state index is -0.509. The normalized spacial score (nSPS) is 10.2. The maximum atomic E-state index is 11.7. The Hall–Kier alpha value is -2.29. The zero-order chi connectivity index (χ0) is 13.8. The number of benzene rings is 1. The second kappa shape index (κ2) is 5.57. The van der Waals surface area contributed by atoms with Gasteiger partial charge in [-0.1, -0.05) is 5.21 Å². The molecular weight excluding hydrogens is 318 g/mol. The van der Waals surface area contributed by atoms with Gasteiger partial charge in [-0.3, -0.25) is 14.9 Å². The van der Waals surface area contributed by atoms with E-state index in [1.54, 1.807) is 6.20 Å². The Morgan fingerprint density at radius 3 is 2.89 bits per heavy atom. The number of carbonyl (C=O) groups excluding carboxylic acids is 1. The number of aromatic nitrogens is 3. The van der Waals surface area contributed by atoms with E-state index < -0.39 is 4.92 Å². The number of carbonyl (C=O) groups is 1. The van der Waals surface area contributed by atoms with Gasteiger partial charge in [0.2, 0.25) is 5.91 Å². The Morgan fingerprint density at radius 2 is 2.32 bits per heavy atom. The Labute approximate surface area is 115 Å². The van der Waals surface area contributed by atoms with Crippen LogP contribution < -0.4 is 5.32 Å². The average Bonchev–Trinajstić information content (AvgIpc) is 2.81. The van der Waals surface area contributed by atoms with Crippen LogP contribution in [0.2, 0.25) is 0 Å². The van der Waals surface area contributed by atoms with E-state index in [2.05, 4.69) is 31.6 Å². The fourth-order valence-corrected chi connectivity index (χ4v) is 1.92. The van der Waals surface area contributed by atoms with E-state index in [1.807, 2.05) is 0 Å². The quantitative estimate of drug-likeness (QED) is 0.679. The number of nitro benzene ring substituents is 1. The summed E-state index contributed by atoms with van der Waals surface area (Å²) in [5.74, 6) is -0.300. The van der Waals surface area contributed by atoms with Crippen LogP contribution in [0.15, 0.2) is 35.1 Å². The number of nitrogens with one attached hydrogen (secondary N) is 1. The van der Waals surface area contributed by atoms with Gasteiger partial charge in [-0.15, -0.1) is 5.10 Å². The molecule has 0 aliphatic rings. The summed E-state index contributed by atoms with van der Waals surface area (Å²) in [5, 5.41) is 20.5. The molecule has 0 saturated carbocycles. The maximum Gasteiger partial charge on any atom is 0.283 e. The maximum absolute atomic E-state index is 11.7. The topological polar surface area (TPSA) is 103 Å². The molecular formula is C10H8BrN5O3. The molecule has 0 atom stereocenters. The van der Waals surface area contributed by atoms with Crippen LogP contribution in [0.1, 0.15) is 0 Å². The van der Waals surface area contributed by atoms with E-state index in [0.29, 0.717) is 10.2 Å². The van der Waals surface area contributed by atoms with Gasteiger partial charge in [0.1, 0.15) is 6.54 Å². The predicted molar refractivity (Wildman–Crippen MR) is 69.4 cm³/mol. The summed E-state index contributed by atoms with van der Waals surface area (Å²) in [4.78, 5) is 21.8. The van der Waals surface area contributed by atoms with Crippen LogP contribution in [0, 0.1) is 10.1 Å². The molecule has 1 amide bonds. The molecule has 9 heteroatoms. The largest absolute Gasteiger partial charge is 0.324 e. The molecule has 1 aromatic heterocycles. The van der Waals surface area contributed by atoms with E-state index in [-0.39, 0.29) is 18.1 Å². The number of rotatable bonds is 4. The van der Waals surface area contributed by atoms with Crippen LogP contribution in [0.25, 0.3) is 0 Å². The number of nitro groups is 1. The first-order valence-electron chi connectivity index (χ1n) is 5.14. The molecule has 0 unspecified atom stereocenters. The highest BCUT2D eigenvalue weighted by Gasteiger charge is 2.12. The van der Waals surface area contributed by atoms with Crippen LogP contribution in [-0.2, 0) is 11.3 Å². The summed E-state index contributed by atoms with van der Waals surface area (Å²) < 4.78 is 1.67. The molecule has 2 aromatic rings. The molecule has 0 radical (unpaired) electrons. The SMILES string of the molecule is O=C(Cn1ccnn1)Nc1ccc([N+](=O)[O-])c(Br)c1. The van der Waals surface area contributed by atoms with Crippen LogP contribution in [0.3, 0.4) is 0 Å². The lowest BCUT2D eigenvalue weighted by Gasteiger charge is -2.05. The van der Waals surface area contributed by atoms with Crippen molar-refractivity contribution in [3.63, 3.8) is 0 Å². The summed E-state index contributed by atoms with van der Waals surface area (Å²) in [6.45, 7) is 0.0224. The van der Waals surface area contributed by atoms with E-state index in [9.17, 15) is 14.9 Å². The first-order chi connectivity index (χ1) is 9.06. The van der Waals surface area contributed by atoms with Crippen molar-refractivity contribution in [1.82, 2.24) is 15.0 Å². The second-order valence-corrected chi connectivity index (χ2v) is 4.43. The minimum absolute atomic E-state index is 0.0224. The number of halogens is 1. The Balaban J connectivity index is 2.05. The molecule has 0 bridgehead atoms. The number of nitrogens with zero attached hydrogens (tertiary/aromatic N) is 4. The van der Waals surface area contributed by atoms with Crippen LogP contribution >= 0.6 is 15.9 Å². The molecule has 0 aliphatic heterocycles. The molecule has 1 aromatic carbocycles. The van der Waals surface area contributed by atoms with Gasteiger partial charge in [-0.05, 0) is 28.1 Å². The lowest BCUT2D eigenvalue weighted by Crippen LogP contribution is -2.19. The third kappa shape index (κ3) is 3.35. The summed E-state index contributed by atoms with van der Waals surface area (Å²) in [5.41, 5.74) is 0.400. The van der Waals surface area contributed by atoms with Crippen LogP contribution in [0.5, 0.6) is 0 Å². The van der Waals surface area contributed by atoms with Gasteiger partial charge in [-0.25, -0.2) is 4.68 Å². The summed E-state index contributed by atoms with van der Waals surface area (Å²) in [6, 6.07) is 4.24. The zero-order valence-corrected chi connectivity index (χ0v) is 11.1. The highest BCUT2D eigenvalue weighted by molar-refractivity contribution is 9.10. The number of hydrogen-bond acceptors (Lipinski definition) is 5. The van der Waals surface area contributed by atoms with Gasteiger partial charge < -0.3 is 5.32 Å². The van der Waals surface area contributed by atoms with Gasteiger partial charge in [0.15, 0.2) is 0 Å². The van der Waals surface area contributed by atoms with Crippen molar-refractivity contribution < 1.29 is 9.72 Å². The number of hydrogen-bond donors (Lipinski definition) is 1. The minimum Gasteiger partial charge on any atom is -0.324 e. The summed E-state index contributed by atoms with van der Waals surface area (Å²) in [7, 11) is 0. The second-order valence-electron chi connectivity index (χ2n) is 3.57. The smallest absolute Gasteiger partial charge is 0.283 e. The van der Waals surface area contributed by atoms with Crippen molar-refractivity contribution in [1.29, 1.82) is 0 Å². The molecule has 0 aliphatic carbocycles. The molecule has 98 valence electrons. The molecule has 0 saturated heterocycles. The molecule has 8 nitrogen and oxygen atoms in total. The van der Waals surface area contributed by atoms with Gasteiger partial charge in [0.05, 0.1) is 15.6 Å². The highest BCUT2D eigenvalue weighted by Crippen LogP contribution is 2.27. The third-order valence-electron chi connectivity index (χ3n) is 2.21. The monoisotopic (exact) mass is 325 g/mol. The first-order valence-corrected chi connectivity index (χ1v) is 5.93. The summed E-state index contributed by atoms with van der Waals surface area (Å²) >= 11 is 3.08. The molecule has 19 heavy (non-hydrogen) atoms. The molecule has 1 N–H and O–H groups in total. The van der Waals surface area contributed by atoms with Crippen molar-refractivity contribution in [3.8, 4) is 0 Å². The highest BCUT2D eigenvalue weighted by atomic mass is 79.9. The lowest BCUT2D eigenvalue weighted by molar-refractivity contribution is -0.385. The van der Waals surface area contributed by atoms with Crippen molar-refractivity contribution >= 4 is 33.2 Å². The zero-order valence-electron chi connectivity index (χ0n) is 9.49. The van der Waals surface area contributed by atoms with Gasteiger partial charge in [0, 0.05) is 18.0 Å². The van der Waals surface area contributed by atoms with Gasteiger partial charge in [-0.2, -0.15) is 0 Å². The number of amides is 1. The predicted octanol–water partition coefficient (Wildman–Crippen LogP) is 1.59. The Morgan fingerprint density at radius 1 is 1.53 bits per heavy atom. The fourth-order valence-electron chi connectivity index (χ4n) is 1.40. The van der Waals surface area contributed by atoms with E-state index in [4.69, 9.17) is 0 Å². The first kappa shape index (κ1) is 13.1. The molecule has 1 heterocycles. The standard InChI is InChI=1S/C10H8BrN5O3/c11-8-5-7(1-2-9(8)16(18)19)13-10(17)6-15-4-3-12-14-15/h1-5H,6H2,(H,13,17). The van der Waals surface area contributed by atoms with Crippen LogP contribution in [-0.4, -0.2) is 25.8 Å². The van der Waals surface area contributed by atoms with Crippen LogP contribution in [0.4, 0.5) is 11.4 Å². The van der Waals surface area contributed by atoms with Gasteiger partial charge in [0.25, 0.3) is 5.69 Å². The fraction of sp³-hybridized carbons (Fsp3) is 0.100. The van der Waals surface area contributed by atoms with Gasteiger partial charge >= 0.3 is 0 Å². The molecule has 0 spiro atoms. The van der Waals surface area contributed by atoms with Crippen molar-refractivity contribution in [2.24, 2.45) is 0 Å². The summed E-state index contributed by atoms with van der Waals surface area (Å²) in [6.07, 6.45) is 3.03. The average molecular weight is 326 g/mol. The Bertz CT molecular complexity index is 614. The van der Waals surface area contributed by atoms with E-state index in [0.717, 1.165) is 0 Å². The lowest BCUT2D eigenvalue weighted by atomic mass is 10.3. The van der Waals surface area contributed by atoms with Crippen molar-refractivity contribution in [3.05, 3.63) is 45.2 Å². The van der Waals surface area contributed by atoms with Crippen molar-refractivity contribution in [2.45, 2.75) is 6.54 Å². The molecule has 0 fully saturated rings. The van der Waals surface area contributed by atoms with Crippen molar-refractivity contribution in [2.75, 3.05) is 5.32 Å². The third-order valence-corrected chi connectivity index (χ3v) is 2.84. The molecule has 2 rings (SSSR count). The Kier molecular flexibility index (Phi) is 3.85.